The lowest BCUT2D eigenvalue weighted by molar-refractivity contribution is 0.0466. The molecule has 0 spiro atoms. The number of Topliss-reactive ketones (excluding diaryl/α,β-unsaturated/α-hetero) is 1. The SMILES string of the molecule is CC(=O)c1cccc(C(C)(C)OC(=O)Nc2ccc(Cl)cc2)c1. The maximum atomic E-state index is 12.1. The zero-order valence-corrected chi connectivity index (χ0v) is 14.0. The third-order valence-electron chi connectivity index (χ3n) is 3.40. The van der Waals surface area contributed by atoms with Gasteiger partial charge in [-0.25, -0.2) is 4.79 Å². The standard InChI is InChI=1S/C18H18ClNO3/c1-12(21)13-5-4-6-14(11-13)18(2,3)23-17(22)20-16-9-7-15(19)8-10-16/h4-11H,1-3H3,(H,20,22). The number of nitrogens with one attached hydrogen (secondary N) is 1. The average molecular weight is 332 g/mol. The number of amides is 1. The molecule has 120 valence electrons. The largest absolute Gasteiger partial charge is 0.438 e. The van der Waals surface area contributed by atoms with Gasteiger partial charge in [-0.15, -0.1) is 0 Å². The third kappa shape index (κ3) is 4.57. The van der Waals surface area contributed by atoms with Crippen molar-refractivity contribution in [3.63, 3.8) is 0 Å². The van der Waals surface area contributed by atoms with Crippen molar-refractivity contribution >= 4 is 29.2 Å². The minimum Gasteiger partial charge on any atom is -0.438 e. The van der Waals surface area contributed by atoms with Crippen molar-refractivity contribution in [2.24, 2.45) is 0 Å². The Morgan fingerprint density at radius 2 is 1.74 bits per heavy atom. The van der Waals surface area contributed by atoms with E-state index >= 15 is 0 Å². The molecule has 0 unspecified atom stereocenters. The van der Waals surface area contributed by atoms with Gasteiger partial charge in [0.1, 0.15) is 5.60 Å². The Hall–Kier alpha value is -2.33. The van der Waals surface area contributed by atoms with Crippen LogP contribution in [-0.2, 0) is 10.3 Å². The van der Waals surface area contributed by atoms with Crippen molar-refractivity contribution in [1.29, 1.82) is 0 Å². The number of halogens is 1. The van der Waals surface area contributed by atoms with Gasteiger partial charge in [0.05, 0.1) is 0 Å². The molecule has 0 aliphatic rings. The molecule has 2 aromatic rings. The number of ether oxygens (including phenoxy) is 1. The lowest BCUT2D eigenvalue weighted by Gasteiger charge is -2.26. The summed E-state index contributed by atoms with van der Waals surface area (Å²) < 4.78 is 5.50. The second kappa shape index (κ2) is 6.84. The molecule has 0 aliphatic heterocycles. The van der Waals surface area contributed by atoms with Crippen LogP contribution in [0.1, 0.15) is 36.7 Å². The number of hydrogen-bond donors (Lipinski definition) is 1. The lowest BCUT2D eigenvalue weighted by atomic mass is 9.95. The molecule has 2 aromatic carbocycles. The van der Waals surface area contributed by atoms with E-state index in [1.807, 2.05) is 6.07 Å². The highest BCUT2D eigenvalue weighted by Gasteiger charge is 2.26. The van der Waals surface area contributed by atoms with Crippen LogP contribution in [0.3, 0.4) is 0 Å². The number of ketones is 1. The van der Waals surface area contributed by atoms with Gasteiger partial charge in [-0.2, -0.15) is 0 Å². The summed E-state index contributed by atoms with van der Waals surface area (Å²) >= 11 is 5.80. The Kier molecular flexibility index (Phi) is 5.06. The zero-order valence-electron chi connectivity index (χ0n) is 13.2. The van der Waals surface area contributed by atoms with Crippen LogP contribution in [0, 0.1) is 0 Å². The van der Waals surface area contributed by atoms with Crippen LogP contribution in [0.5, 0.6) is 0 Å². The molecule has 0 saturated carbocycles. The van der Waals surface area contributed by atoms with Crippen LogP contribution in [0.25, 0.3) is 0 Å². The highest BCUT2D eigenvalue weighted by molar-refractivity contribution is 6.30. The van der Waals surface area contributed by atoms with E-state index in [0.717, 1.165) is 5.56 Å². The molecule has 0 aromatic heterocycles. The monoisotopic (exact) mass is 331 g/mol. The fraction of sp³-hybridized carbons (Fsp3) is 0.222. The van der Waals surface area contributed by atoms with Crippen LogP contribution >= 0.6 is 11.6 Å². The van der Waals surface area contributed by atoms with Gasteiger partial charge in [-0.1, -0.05) is 29.8 Å². The van der Waals surface area contributed by atoms with Crippen LogP contribution in [0.4, 0.5) is 10.5 Å². The van der Waals surface area contributed by atoms with Gasteiger partial charge in [0.25, 0.3) is 0 Å². The van der Waals surface area contributed by atoms with Gasteiger partial charge in [0, 0.05) is 16.3 Å². The van der Waals surface area contributed by atoms with Crippen molar-refractivity contribution in [3.8, 4) is 0 Å². The maximum Gasteiger partial charge on any atom is 0.412 e. The zero-order chi connectivity index (χ0) is 17.0. The molecular weight excluding hydrogens is 314 g/mol. The second-order valence-corrected chi connectivity index (χ2v) is 6.11. The Morgan fingerprint density at radius 3 is 2.35 bits per heavy atom. The van der Waals surface area contributed by atoms with E-state index in [1.54, 1.807) is 56.3 Å². The Morgan fingerprint density at radius 1 is 1.09 bits per heavy atom. The molecule has 23 heavy (non-hydrogen) atoms. The molecule has 5 heteroatoms. The number of carbonyl (C=O) groups is 2. The Labute approximate surface area is 140 Å². The predicted octanol–water partition coefficient (Wildman–Crippen LogP) is 5.03. The van der Waals surface area contributed by atoms with Gasteiger partial charge < -0.3 is 4.74 Å². The molecule has 0 bridgehead atoms. The number of rotatable bonds is 4. The first-order valence-corrected chi connectivity index (χ1v) is 7.53. The van der Waals surface area contributed by atoms with Crippen molar-refractivity contribution in [1.82, 2.24) is 0 Å². The quantitative estimate of drug-likeness (QED) is 0.800. The molecule has 1 amide bonds. The number of hydrogen-bond acceptors (Lipinski definition) is 3. The van der Waals surface area contributed by atoms with E-state index in [0.29, 0.717) is 16.3 Å². The normalized spacial score (nSPS) is 11.0. The first-order valence-electron chi connectivity index (χ1n) is 7.15. The van der Waals surface area contributed by atoms with Gasteiger partial charge in [-0.3, -0.25) is 10.1 Å². The number of benzene rings is 2. The minimum absolute atomic E-state index is 0.0340. The summed E-state index contributed by atoms with van der Waals surface area (Å²) in [4.78, 5) is 23.6. The van der Waals surface area contributed by atoms with Crippen LogP contribution in [-0.4, -0.2) is 11.9 Å². The first-order chi connectivity index (χ1) is 10.8. The van der Waals surface area contributed by atoms with E-state index < -0.39 is 11.7 Å². The summed E-state index contributed by atoms with van der Waals surface area (Å²) in [6, 6.07) is 13.8. The van der Waals surface area contributed by atoms with Crippen LogP contribution in [0.2, 0.25) is 5.02 Å². The van der Waals surface area contributed by atoms with Crippen molar-refractivity contribution in [3.05, 3.63) is 64.7 Å². The van der Waals surface area contributed by atoms with E-state index in [9.17, 15) is 9.59 Å². The molecule has 0 saturated heterocycles. The highest BCUT2D eigenvalue weighted by Crippen LogP contribution is 2.26. The van der Waals surface area contributed by atoms with Gasteiger partial charge in [0.2, 0.25) is 0 Å². The van der Waals surface area contributed by atoms with Crippen LogP contribution < -0.4 is 5.32 Å². The lowest BCUT2D eigenvalue weighted by Crippen LogP contribution is -2.28. The maximum absolute atomic E-state index is 12.1. The summed E-state index contributed by atoms with van der Waals surface area (Å²) in [6.45, 7) is 5.04. The second-order valence-electron chi connectivity index (χ2n) is 5.67. The first kappa shape index (κ1) is 17.0. The van der Waals surface area contributed by atoms with E-state index in [-0.39, 0.29) is 5.78 Å². The molecule has 0 heterocycles. The van der Waals surface area contributed by atoms with Gasteiger partial charge in [0.15, 0.2) is 5.78 Å². The van der Waals surface area contributed by atoms with E-state index in [1.165, 1.54) is 6.92 Å². The average Bonchev–Trinajstić information content (AvgIpc) is 2.49. The molecule has 1 N–H and O–H groups in total. The molecule has 0 radical (unpaired) electrons. The predicted molar refractivity (Wildman–Crippen MR) is 91.0 cm³/mol. The van der Waals surface area contributed by atoms with Gasteiger partial charge in [-0.05, 0) is 56.7 Å². The van der Waals surface area contributed by atoms with Crippen molar-refractivity contribution in [2.45, 2.75) is 26.4 Å². The third-order valence-corrected chi connectivity index (χ3v) is 3.65. The highest BCUT2D eigenvalue weighted by atomic mass is 35.5. The van der Waals surface area contributed by atoms with E-state index in [2.05, 4.69) is 5.32 Å². The molecule has 0 atom stereocenters. The Balaban J connectivity index is 2.10. The van der Waals surface area contributed by atoms with E-state index in [4.69, 9.17) is 16.3 Å². The summed E-state index contributed by atoms with van der Waals surface area (Å²) in [7, 11) is 0. The molecule has 0 aliphatic carbocycles. The number of anilines is 1. The number of carbonyl (C=O) groups excluding carboxylic acids is 2. The fourth-order valence-electron chi connectivity index (χ4n) is 2.08. The Bertz CT molecular complexity index is 723. The molecule has 0 fully saturated rings. The smallest absolute Gasteiger partial charge is 0.412 e. The van der Waals surface area contributed by atoms with Gasteiger partial charge >= 0.3 is 6.09 Å². The van der Waals surface area contributed by atoms with Crippen molar-refractivity contribution < 1.29 is 14.3 Å². The summed E-state index contributed by atoms with van der Waals surface area (Å²) in [5.41, 5.74) is 1.04. The minimum atomic E-state index is -0.873. The fourth-order valence-corrected chi connectivity index (χ4v) is 2.21. The molecule has 4 nitrogen and oxygen atoms in total. The summed E-state index contributed by atoms with van der Waals surface area (Å²) in [6.07, 6.45) is -0.578. The topological polar surface area (TPSA) is 55.4 Å². The summed E-state index contributed by atoms with van der Waals surface area (Å²) in [5.74, 6) is -0.0340. The van der Waals surface area contributed by atoms with Crippen LogP contribution in [0.15, 0.2) is 48.5 Å². The molecular formula is C18H18ClNO3. The summed E-state index contributed by atoms with van der Waals surface area (Å²) in [5, 5.41) is 3.23. The van der Waals surface area contributed by atoms with Crippen molar-refractivity contribution in [2.75, 3.05) is 5.32 Å². The molecule has 2 rings (SSSR count).